The summed E-state index contributed by atoms with van der Waals surface area (Å²) in [6.07, 6.45) is -4.58. The summed E-state index contributed by atoms with van der Waals surface area (Å²) in [6.45, 7) is 3.70. The summed E-state index contributed by atoms with van der Waals surface area (Å²) in [6, 6.07) is 3.38. The summed E-state index contributed by atoms with van der Waals surface area (Å²) in [5.74, 6) is 0.281. The van der Waals surface area contributed by atoms with Crippen LogP contribution in [0, 0.1) is 0 Å². The zero-order valence-corrected chi connectivity index (χ0v) is 11.4. The fourth-order valence-electron chi connectivity index (χ4n) is 1.84. The van der Waals surface area contributed by atoms with Gasteiger partial charge in [-0.2, -0.15) is 18.3 Å². The number of methoxy groups -OCH3 is 1. The number of benzene rings is 1. The predicted octanol–water partition coefficient (Wildman–Crippen LogP) is 3.45. The van der Waals surface area contributed by atoms with Crippen LogP contribution < -0.4 is 4.74 Å². The van der Waals surface area contributed by atoms with Crippen LogP contribution in [0.25, 0.3) is 10.9 Å². The Labute approximate surface area is 114 Å². The molecule has 4 nitrogen and oxygen atoms in total. The third-order valence-electron chi connectivity index (χ3n) is 2.62. The van der Waals surface area contributed by atoms with E-state index >= 15 is 0 Å². The topological polar surface area (TPSA) is 36.3 Å². The fraction of sp³-hybridized carbons (Fsp3) is 0.462. The van der Waals surface area contributed by atoms with E-state index in [0.717, 1.165) is 12.1 Å². The minimum atomic E-state index is -4.40. The van der Waals surface area contributed by atoms with Gasteiger partial charge in [-0.15, -0.1) is 0 Å². The SMILES string of the molecule is COCn1nc2ccc(C(F)(F)F)cc2c1OC(C)C. The lowest BCUT2D eigenvalue weighted by Crippen LogP contribution is -2.12. The molecule has 20 heavy (non-hydrogen) atoms. The third-order valence-corrected chi connectivity index (χ3v) is 2.62. The van der Waals surface area contributed by atoms with Crippen molar-refractivity contribution in [3.05, 3.63) is 23.8 Å². The van der Waals surface area contributed by atoms with Crippen LogP contribution in [0.4, 0.5) is 13.2 Å². The molecular weight excluding hydrogens is 273 g/mol. The molecule has 110 valence electrons. The van der Waals surface area contributed by atoms with Crippen LogP contribution in [0.5, 0.6) is 5.88 Å². The van der Waals surface area contributed by atoms with Gasteiger partial charge in [-0.05, 0) is 32.0 Å². The molecule has 0 N–H and O–H groups in total. The van der Waals surface area contributed by atoms with Crippen molar-refractivity contribution in [3.8, 4) is 5.88 Å². The number of aromatic nitrogens is 2. The maximum Gasteiger partial charge on any atom is 0.416 e. The van der Waals surface area contributed by atoms with E-state index in [9.17, 15) is 13.2 Å². The molecule has 1 heterocycles. The molecule has 0 amide bonds. The van der Waals surface area contributed by atoms with Gasteiger partial charge in [-0.3, -0.25) is 0 Å². The van der Waals surface area contributed by atoms with Gasteiger partial charge in [-0.1, -0.05) is 0 Å². The Morgan fingerprint density at radius 3 is 2.55 bits per heavy atom. The Morgan fingerprint density at radius 2 is 2.00 bits per heavy atom. The summed E-state index contributed by atoms with van der Waals surface area (Å²) in [5, 5.41) is 4.50. The van der Waals surface area contributed by atoms with E-state index in [1.54, 1.807) is 13.8 Å². The summed E-state index contributed by atoms with van der Waals surface area (Å²) in [4.78, 5) is 0. The molecule has 0 aliphatic carbocycles. The largest absolute Gasteiger partial charge is 0.475 e. The second-order valence-electron chi connectivity index (χ2n) is 4.62. The van der Waals surface area contributed by atoms with Crippen LogP contribution in [0.2, 0.25) is 0 Å². The lowest BCUT2D eigenvalue weighted by atomic mass is 10.1. The second kappa shape index (κ2) is 5.32. The van der Waals surface area contributed by atoms with E-state index in [-0.39, 0.29) is 18.7 Å². The number of ether oxygens (including phenoxy) is 2. The average Bonchev–Trinajstić information content (AvgIpc) is 2.66. The van der Waals surface area contributed by atoms with Crippen LogP contribution in [0.1, 0.15) is 19.4 Å². The van der Waals surface area contributed by atoms with Crippen molar-refractivity contribution in [1.82, 2.24) is 9.78 Å². The Morgan fingerprint density at radius 1 is 1.30 bits per heavy atom. The smallest absolute Gasteiger partial charge is 0.416 e. The van der Waals surface area contributed by atoms with Gasteiger partial charge in [0.2, 0.25) is 5.88 Å². The van der Waals surface area contributed by atoms with Crippen LogP contribution in [0.15, 0.2) is 18.2 Å². The number of hydrogen-bond acceptors (Lipinski definition) is 3. The zero-order chi connectivity index (χ0) is 14.9. The fourth-order valence-corrected chi connectivity index (χ4v) is 1.84. The number of rotatable bonds is 4. The average molecular weight is 288 g/mol. The van der Waals surface area contributed by atoms with E-state index < -0.39 is 11.7 Å². The summed E-state index contributed by atoms with van der Waals surface area (Å²) < 4.78 is 50.3. The van der Waals surface area contributed by atoms with Crippen LogP contribution in [-0.4, -0.2) is 23.0 Å². The first-order valence-corrected chi connectivity index (χ1v) is 6.06. The molecule has 0 atom stereocenters. The lowest BCUT2D eigenvalue weighted by molar-refractivity contribution is -0.137. The van der Waals surface area contributed by atoms with Gasteiger partial charge in [-0.25, -0.2) is 4.68 Å². The number of halogens is 3. The second-order valence-corrected chi connectivity index (χ2v) is 4.62. The van der Waals surface area contributed by atoms with Gasteiger partial charge in [0.05, 0.1) is 22.6 Å². The Kier molecular flexibility index (Phi) is 3.89. The standard InChI is InChI=1S/C13H15F3N2O2/c1-8(2)20-12-10-6-9(13(14,15)16)4-5-11(10)17-18(12)7-19-3/h4-6,8H,7H2,1-3H3. The van der Waals surface area contributed by atoms with Crippen molar-refractivity contribution < 1.29 is 22.6 Å². The lowest BCUT2D eigenvalue weighted by Gasteiger charge is -2.12. The van der Waals surface area contributed by atoms with Gasteiger partial charge in [0, 0.05) is 7.11 Å². The van der Waals surface area contributed by atoms with E-state index in [4.69, 9.17) is 9.47 Å². The molecule has 0 aliphatic rings. The minimum Gasteiger partial charge on any atom is -0.475 e. The highest BCUT2D eigenvalue weighted by Crippen LogP contribution is 2.34. The van der Waals surface area contributed by atoms with Gasteiger partial charge < -0.3 is 9.47 Å². The summed E-state index contributed by atoms with van der Waals surface area (Å²) >= 11 is 0. The molecule has 0 saturated carbocycles. The monoisotopic (exact) mass is 288 g/mol. The van der Waals surface area contributed by atoms with Gasteiger partial charge in [0.15, 0.2) is 0 Å². The quantitative estimate of drug-likeness (QED) is 0.864. The maximum absolute atomic E-state index is 12.8. The highest BCUT2D eigenvalue weighted by Gasteiger charge is 2.31. The molecule has 7 heteroatoms. The first-order chi connectivity index (χ1) is 9.32. The van der Waals surface area contributed by atoms with Crippen molar-refractivity contribution in [2.45, 2.75) is 32.9 Å². The van der Waals surface area contributed by atoms with Crippen LogP contribution in [-0.2, 0) is 17.6 Å². The van der Waals surface area contributed by atoms with Crippen molar-refractivity contribution in [1.29, 1.82) is 0 Å². The number of nitrogens with zero attached hydrogens (tertiary/aromatic N) is 2. The van der Waals surface area contributed by atoms with Crippen molar-refractivity contribution in [3.63, 3.8) is 0 Å². The molecule has 0 unspecified atom stereocenters. The molecule has 1 aromatic heterocycles. The van der Waals surface area contributed by atoms with E-state index in [2.05, 4.69) is 5.10 Å². The molecule has 0 bridgehead atoms. The van der Waals surface area contributed by atoms with Gasteiger partial charge in [0.25, 0.3) is 0 Å². The van der Waals surface area contributed by atoms with Gasteiger partial charge >= 0.3 is 6.18 Å². The van der Waals surface area contributed by atoms with Crippen molar-refractivity contribution in [2.24, 2.45) is 0 Å². The third kappa shape index (κ3) is 2.87. The maximum atomic E-state index is 12.8. The molecule has 0 saturated heterocycles. The highest BCUT2D eigenvalue weighted by molar-refractivity contribution is 5.85. The Balaban J connectivity index is 2.59. The first kappa shape index (κ1) is 14.6. The van der Waals surface area contributed by atoms with E-state index in [1.165, 1.54) is 17.9 Å². The Bertz CT molecular complexity index is 605. The van der Waals surface area contributed by atoms with Crippen molar-refractivity contribution in [2.75, 3.05) is 7.11 Å². The normalized spacial score (nSPS) is 12.3. The summed E-state index contributed by atoms with van der Waals surface area (Å²) in [5.41, 5.74) is -0.290. The van der Waals surface area contributed by atoms with Crippen LogP contribution in [0.3, 0.4) is 0 Å². The molecule has 0 fully saturated rings. The molecule has 1 aromatic carbocycles. The minimum absolute atomic E-state index is 0.109. The number of fused-ring (bicyclic) bond motifs is 1. The molecule has 0 spiro atoms. The number of hydrogen-bond donors (Lipinski definition) is 0. The van der Waals surface area contributed by atoms with Gasteiger partial charge in [0.1, 0.15) is 6.73 Å². The zero-order valence-electron chi connectivity index (χ0n) is 11.4. The summed E-state index contributed by atoms with van der Waals surface area (Å²) in [7, 11) is 1.48. The molecule has 2 aromatic rings. The molecular formula is C13H15F3N2O2. The molecule has 0 radical (unpaired) electrons. The number of alkyl halides is 3. The van der Waals surface area contributed by atoms with Crippen molar-refractivity contribution >= 4 is 10.9 Å². The van der Waals surface area contributed by atoms with E-state index in [1.807, 2.05) is 0 Å². The predicted molar refractivity (Wildman–Crippen MR) is 67.5 cm³/mol. The first-order valence-electron chi connectivity index (χ1n) is 6.06. The highest BCUT2D eigenvalue weighted by atomic mass is 19.4. The van der Waals surface area contributed by atoms with E-state index in [0.29, 0.717) is 10.9 Å². The van der Waals surface area contributed by atoms with Crippen LogP contribution >= 0.6 is 0 Å². The molecule has 2 rings (SSSR count). The Hall–Kier alpha value is -1.76. The molecule has 0 aliphatic heterocycles.